The van der Waals surface area contributed by atoms with Crippen LogP contribution in [-0.4, -0.2) is 103 Å². The van der Waals surface area contributed by atoms with Gasteiger partial charge in [0.15, 0.2) is 0 Å². The molecule has 1 aromatic carbocycles. The summed E-state index contributed by atoms with van der Waals surface area (Å²) in [6, 6.07) is 11.7. The molecule has 2 aliphatic heterocycles. The van der Waals surface area contributed by atoms with Crippen LogP contribution in [0.5, 0.6) is 5.75 Å². The van der Waals surface area contributed by atoms with Gasteiger partial charge in [0.2, 0.25) is 5.91 Å². The Bertz CT molecular complexity index is 1130. The summed E-state index contributed by atoms with van der Waals surface area (Å²) < 4.78 is 6.57. The molecule has 8 heteroatoms. The van der Waals surface area contributed by atoms with E-state index < -0.39 is 11.9 Å². The quantitative estimate of drug-likeness (QED) is 0.359. The lowest BCUT2D eigenvalue weighted by Crippen LogP contribution is -2.45. The summed E-state index contributed by atoms with van der Waals surface area (Å²) in [6.07, 6.45) is 6.88. The average molecular weight is 552 g/mol. The zero-order chi connectivity index (χ0) is 28.7. The van der Waals surface area contributed by atoms with Gasteiger partial charge in [0.1, 0.15) is 5.75 Å². The van der Waals surface area contributed by atoms with Gasteiger partial charge in [0.25, 0.3) is 0 Å². The van der Waals surface area contributed by atoms with Crippen LogP contribution in [0.1, 0.15) is 55.3 Å². The molecule has 3 atom stereocenters. The number of pyridine rings is 1. The number of amides is 1. The van der Waals surface area contributed by atoms with Crippen molar-refractivity contribution in [2.45, 2.75) is 57.4 Å². The van der Waals surface area contributed by atoms with Gasteiger partial charge in [-0.05, 0) is 48.6 Å². The Morgan fingerprint density at radius 3 is 2.65 bits per heavy atom. The number of hydrogen-bond acceptors (Lipinski definition) is 5. The minimum atomic E-state index is -0.798. The number of carbonyl (C=O) groups is 2. The lowest BCUT2D eigenvalue weighted by Gasteiger charge is -2.30. The number of nitrogens with zero attached hydrogens (tertiary/aromatic N) is 4. The number of carboxylic acid groups (broad SMARTS) is 1. The van der Waals surface area contributed by atoms with Crippen molar-refractivity contribution in [1.82, 2.24) is 14.8 Å². The second-order valence-corrected chi connectivity index (χ2v) is 12.4. The third-order valence-electron chi connectivity index (χ3n) is 8.33. The van der Waals surface area contributed by atoms with Crippen LogP contribution < -0.4 is 4.74 Å². The Balaban J connectivity index is 1.56. The van der Waals surface area contributed by atoms with Gasteiger partial charge < -0.3 is 19.2 Å². The normalized spacial score (nSPS) is 20.8. The number of carboxylic acids is 1. The van der Waals surface area contributed by atoms with Crippen molar-refractivity contribution in [3.8, 4) is 5.75 Å². The number of likely N-dealkylation sites (tertiary alicyclic amines) is 1. The molecule has 0 saturated carbocycles. The molecule has 0 aliphatic carbocycles. The van der Waals surface area contributed by atoms with Crippen LogP contribution in [0.3, 0.4) is 0 Å². The predicted octanol–water partition coefficient (Wildman–Crippen LogP) is 3.84. The third kappa shape index (κ3) is 7.82. The van der Waals surface area contributed by atoms with E-state index in [2.05, 4.69) is 44.0 Å². The molecule has 40 heavy (non-hydrogen) atoms. The molecule has 1 N–H and O–H groups in total. The zero-order valence-electron chi connectivity index (χ0n) is 24.7. The Hall–Kier alpha value is -2.97. The zero-order valence-corrected chi connectivity index (χ0v) is 24.7. The van der Waals surface area contributed by atoms with Crippen LogP contribution in [-0.2, 0) is 22.4 Å². The van der Waals surface area contributed by atoms with Crippen molar-refractivity contribution in [3.63, 3.8) is 0 Å². The van der Waals surface area contributed by atoms with Crippen molar-refractivity contribution >= 4 is 11.9 Å². The fourth-order valence-corrected chi connectivity index (χ4v) is 6.19. The number of quaternary nitrogens is 1. The molecule has 0 spiro atoms. The number of ether oxygens (including phenoxy) is 1. The standard InChI is InChI=1S/C32H46N4O4/c1-5-6-17-34(18-9-19-36(2,3)4)30(37)23-35-22-27(24-11-14-29-25(21-24)15-20-40-29)31(32(38)39)28(35)13-12-26-10-7-8-16-33-26/h7-8,10-11,14,16,21,27-28,31H,5-6,9,12-13,15,17-20,22-23H2,1-4H3/p+1/t27-,28+,31?/m1/s1. The summed E-state index contributed by atoms with van der Waals surface area (Å²) in [7, 11) is 6.52. The van der Waals surface area contributed by atoms with Gasteiger partial charge in [-0.3, -0.25) is 19.5 Å². The van der Waals surface area contributed by atoms with E-state index in [1.165, 1.54) is 0 Å². The highest BCUT2D eigenvalue weighted by Crippen LogP contribution is 2.41. The first-order chi connectivity index (χ1) is 19.2. The number of aromatic nitrogens is 1. The van der Waals surface area contributed by atoms with Crippen molar-refractivity contribution in [3.05, 3.63) is 59.4 Å². The second-order valence-electron chi connectivity index (χ2n) is 12.4. The molecule has 1 unspecified atom stereocenters. The lowest BCUT2D eigenvalue weighted by molar-refractivity contribution is -0.870. The molecule has 3 heterocycles. The van der Waals surface area contributed by atoms with Gasteiger partial charge in [-0.25, -0.2) is 0 Å². The van der Waals surface area contributed by atoms with E-state index >= 15 is 0 Å². The van der Waals surface area contributed by atoms with E-state index in [1.807, 2.05) is 35.2 Å². The maximum atomic E-state index is 13.8. The van der Waals surface area contributed by atoms with E-state index in [4.69, 9.17) is 4.74 Å². The Morgan fingerprint density at radius 2 is 1.95 bits per heavy atom. The fraction of sp³-hybridized carbons (Fsp3) is 0.594. The Labute approximate surface area is 239 Å². The molecule has 2 aliphatic rings. The predicted molar refractivity (Wildman–Crippen MR) is 156 cm³/mol. The van der Waals surface area contributed by atoms with Crippen molar-refractivity contribution in [2.75, 3.05) is 60.5 Å². The number of rotatable bonds is 14. The van der Waals surface area contributed by atoms with E-state index in [0.29, 0.717) is 26.0 Å². The van der Waals surface area contributed by atoms with Crippen LogP contribution in [0.4, 0.5) is 0 Å². The van der Waals surface area contributed by atoms with Crippen LogP contribution in [0.2, 0.25) is 0 Å². The number of benzene rings is 1. The van der Waals surface area contributed by atoms with E-state index in [-0.39, 0.29) is 24.4 Å². The van der Waals surface area contributed by atoms with Crippen molar-refractivity contribution in [1.29, 1.82) is 0 Å². The maximum Gasteiger partial charge on any atom is 0.308 e. The summed E-state index contributed by atoms with van der Waals surface area (Å²) in [6.45, 7) is 6.09. The first-order valence-corrected chi connectivity index (χ1v) is 14.9. The van der Waals surface area contributed by atoms with Crippen LogP contribution >= 0.6 is 0 Å². The van der Waals surface area contributed by atoms with Gasteiger partial charge in [0, 0.05) is 56.3 Å². The number of aliphatic carboxylic acids is 1. The smallest absolute Gasteiger partial charge is 0.308 e. The lowest BCUT2D eigenvalue weighted by atomic mass is 9.83. The van der Waals surface area contributed by atoms with Crippen molar-refractivity contribution in [2.24, 2.45) is 5.92 Å². The van der Waals surface area contributed by atoms with Gasteiger partial charge in [0.05, 0.1) is 46.8 Å². The van der Waals surface area contributed by atoms with Crippen LogP contribution in [0.15, 0.2) is 42.6 Å². The van der Waals surface area contributed by atoms with Gasteiger partial charge >= 0.3 is 5.97 Å². The molecule has 0 bridgehead atoms. The van der Waals surface area contributed by atoms with E-state index in [9.17, 15) is 14.7 Å². The van der Waals surface area contributed by atoms with Gasteiger partial charge in [-0.2, -0.15) is 0 Å². The third-order valence-corrected chi connectivity index (χ3v) is 8.33. The highest BCUT2D eigenvalue weighted by atomic mass is 16.5. The first-order valence-electron chi connectivity index (χ1n) is 14.9. The molecule has 0 radical (unpaired) electrons. The minimum Gasteiger partial charge on any atom is -0.493 e. The van der Waals surface area contributed by atoms with Crippen molar-refractivity contribution < 1.29 is 23.9 Å². The van der Waals surface area contributed by atoms with Crippen LogP contribution in [0.25, 0.3) is 0 Å². The topological polar surface area (TPSA) is 83.0 Å². The molecule has 4 rings (SSSR count). The minimum absolute atomic E-state index is 0.102. The number of carbonyl (C=O) groups excluding carboxylic acids is 1. The molecule has 218 valence electrons. The number of unbranched alkanes of at least 4 members (excludes halogenated alkanes) is 1. The average Bonchev–Trinajstić information content (AvgIpc) is 3.53. The molecule has 1 fully saturated rings. The number of hydrogen-bond donors (Lipinski definition) is 1. The SMILES string of the molecule is CCCCN(CCC[N+](C)(C)C)C(=O)CN1C[C@H](c2ccc3c(c2)CCO3)C(C(=O)O)[C@@H]1CCc1ccccn1. The largest absolute Gasteiger partial charge is 0.493 e. The molecule has 8 nitrogen and oxygen atoms in total. The Kier molecular flexibility index (Phi) is 10.2. The molecular formula is C32H47N4O4+. The van der Waals surface area contributed by atoms with Crippen LogP contribution in [0, 0.1) is 5.92 Å². The molecular weight excluding hydrogens is 504 g/mol. The summed E-state index contributed by atoms with van der Waals surface area (Å²) in [5.74, 6) is -0.586. The highest BCUT2D eigenvalue weighted by molar-refractivity contribution is 5.79. The molecule has 2 aromatic rings. The summed E-state index contributed by atoms with van der Waals surface area (Å²) >= 11 is 0. The number of aryl methyl sites for hydroxylation is 1. The summed E-state index contributed by atoms with van der Waals surface area (Å²) in [5, 5.41) is 10.5. The first kappa shape index (κ1) is 30.0. The second kappa shape index (κ2) is 13.6. The summed E-state index contributed by atoms with van der Waals surface area (Å²) in [5.41, 5.74) is 3.12. The summed E-state index contributed by atoms with van der Waals surface area (Å²) in [4.78, 5) is 35.2. The monoisotopic (exact) mass is 551 g/mol. The highest BCUT2D eigenvalue weighted by Gasteiger charge is 2.47. The van der Waals surface area contributed by atoms with E-state index in [1.54, 1.807) is 6.20 Å². The maximum absolute atomic E-state index is 13.8. The molecule has 1 amide bonds. The molecule has 1 aromatic heterocycles. The molecule has 1 saturated heterocycles. The van der Waals surface area contributed by atoms with Gasteiger partial charge in [-0.1, -0.05) is 31.5 Å². The van der Waals surface area contributed by atoms with E-state index in [0.717, 1.165) is 72.4 Å². The fourth-order valence-electron chi connectivity index (χ4n) is 6.19. The number of fused-ring (bicyclic) bond motifs is 1. The van der Waals surface area contributed by atoms with Gasteiger partial charge in [-0.15, -0.1) is 0 Å². The Morgan fingerprint density at radius 1 is 1.15 bits per heavy atom.